The van der Waals surface area contributed by atoms with Gasteiger partial charge in [0.25, 0.3) is 0 Å². The number of hydrogen-bond donors (Lipinski definition) is 3. The molecule has 0 aliphatic heterocycles. The van der Waals surface area contributed by atoms with Gasteiger partial charge < -0.3 is 9.79 Å². The van der Waals surface area contributed by atoms with Crippen molar-refractivity contribution in [1.82, 2.24) is 5.32 Å². The summed E-state index contributed by atoms with van der Waals surface area (Å²) in [6.45, 7) is 1.84. The molecule has 0 heterocycles. The van der Waals surface area contributed by atoms with Crippen LogP contribution in [0.2, 0.25) is 0 Å². The Bertz CT molecular complexity index is 224. The third-order valence-electron chi connectivity index (χ3n) is 2.66. The van der Waals surface area contributed by atoms with Crippen LogP contribution in [0.1, 0.15) is 45.4 Å². The molecular weight excluding hydrogens is 217 g/mol. The average Bonchev–Trinajstić information content (AvgIpc) is 2.16. The monoisotopic (exact) mass is 237 g/mol. The van der Waals surface area contributed by atoms with Crippen molar-refractivity contribution in [1.29, 1.82) is 0 Å². The van der Waals surface area contributed by atoms with Crippen molar-refractivity contribution in [2.75, 3.05) is 0 Å². The second-order valence-corrected chi connectivity index (χ2v) is 5.19. The Kier molecular flexibility index (Phi) is 5.23. The molecule has 1 aliphatic carbocycles. The van der Waals surface area contributed by atoms with E-state index >= 15 is 0 Å². The summed E-state index contributed by atoms with van der Waals surface area (Å²) in [6, 6.07) is 0.343. The van der Waals surface area contributed by atoms with E-state index in [1.807, 2.05) is 6.92 Å². The Morgan fingerprint density at radius 3 is 2.47 bits per heavy atom. The van der Waals surface area contributed by atoms with Gasteiger partial charge in [0.05, 0.1) is 0 Å². The van der Waals surface area contributed by atoms with Gasteiger partial charge in [-0.25, -0.2) is 4.57 Å². The van der Waals surface area contributed by atoms with Gasteiger partial charge >= 0.3 is 7.82 Å². The Labute approximate surface area is 90.5 Å². The van der Waals surface area contributed by atoms with Crippen LogP contribution in [-0.4, -0.2) is 22.1 Å². The van der Waals surface area contributed by atoms with Crippen molar-refractivity contribution in [3.8, 4) is 0 Å². The summed E-state index contributed by atoms with van der Waals surface area (Å²) >= 11 is 0. The van der Waals surface area contributed by atoms with Crippen LogP contribution >= 0.6 is 7.82 Å². The lowest BCUT2D eigenvalue weighted by Gasteiger charge is -2.27. The Balaban J connectivity index is 2.35. The summed E-state index contributed by atoms with van der Waals surface area (Å²) in [5.74, 6) is 0. The molecule has 3 N–H and O–H groups in total. The first kappa shape index (κ1) is 13.1. The van der Waals surface area contributed by atoms with Crippen LogP contribution in [0.4, 0.5) is 0 Å². The first-order chi connectivity index (χ1) is 7.01. The summed E-state index contributed by atoms with van der Waals surface area (Å²) in [4.78, 5) is 17.4. The highest BCUT2D eigenvalue weighted by Gasteiger charge is 2.23. The molecule has 0 spiro atoms. The van der Waals surface area contributed by atoms with Crippen molar-refractivity contribution in [3.05, 3.63) is 0 Å². The third-order valence-corrected chi connectivity index (χ3v) is 3.19. The summed E-state index contributed by atoms with van der Waals surface area (Å²) in [7, 11) is -4.37. The molecule has 0 aromatic heterocycles. The smallest absolute Gasteiger partial charge is 0.303 e. The van der Waals surface area contributed by atoms with Crippen molar-refractivity contribution < 1.29 is 18.9 Å². The normalized spacial score (nSPS) is 21.5. The molecule has 1 saturated carbocycles. The first-order valence-corrected chi connectivity index (χ1v) is 7.04. The summed E-state index contributed by atoms with van der Waals surface area (Å²) in [5, 5.41) is 3.15. The second kappa shape index (κ2) is 5.97. The fourth-order valence-corrected chi connectivity index (χ4v) is 2.46. The molecular formula is C9H20NO4P. The molecule has 90 valence electrons. The summed E-state index contributed by atoms with van der Waals surface area (Å²) in [6.07, 6.45) is 5.79. The van der Waals surface area contributed by atoms with E-state index in [-0.39, 0.29) is 0 Å². The van der Waals surface area contributed by atoms with E-state index in [0.29, 0.717) is 12.5 Å². The van der Waals surface area contributed by atoms with Gasteiger partial charge in [-0.1, -0.05) is 26.2 Å². The minimum atomic E-state index is -4.37. The largest absolute Gasteiger partial charge is 0.471 e. The van der Waals surface area contributed by atoms with E-state index in [1.54, 1.807) is 0 Å². The molecule has 0 amide bonds. The summed E-state index contributed by atoms with van der Waals surface area (Å²) in [5.41, 5.74) is 0. The Morgan fingerprint density at radius 2 is 2.00 bits per heavy atom. The van der Waals surface area contributed by atoms with Gasteiger partial charge in [-0.2, -0.15) is 0 Å². The zero-order valence-electron chi connectivity index (χ0n) is 9.06. The van der Waals surface area contributed by atoms with Crippen LogP contribution in [0.5, 0.6) is 0 Å². The Morgan fingerprint density at radius 1 is 1.40 bits per heavy atom. The van der Waals surface area contributed by atoms with Gasteiger partial charge in [0.1, 0.15) is 6.23 Å². The van der Waals surface area contributed by atoms with Gasteiger partial charge in [0, 0.05) is 6.04 Å². The molecule has 1 aliphatic rings. The van der Waals surface area contributed by atoms with Crippen LogP contribution in [0.3, 0.4) is 0 Å². The lowest BCUT2D eigenvalue weighted by atomic mass is 9.95. The topological polar surface area (TPSA) is 78.8 Å². The fourth-order valence-electron chi connectivity index (χ4n) is 1.92. The van der Waals surface area contributed by atoms with Crippen LogP contribution in [0.15, 0.2) is 0 Å². The molecule has 15 heavy (non-hydrogen) atoms. The molecule has 0 bridgehead atoms. The van der Waals surface area contributed by atoms with E-state index in [0.717, 1.165) is 12.8 Å². The van der Waals surface area contributed by atoms with Crippen molar-refractivity contribution >= 4 is 7.82 Å². The predicted molar refractivity (Wildman–Crippen MR) is 57.2 cm³/mol. The molecule has 1 atom stereocenters. The number of phosphoric acid groups is 1. The van der Waals surface area contributed by atoms with Crippen LogP contribution in [-0.2, 0) is 9.09 Å². The third kappa shape index (κ3) is 5.64. The van der Waals surface area contributed by atoms with Crippen molar-refractivity contribution in [2.45, 2.75) is 57.7 Å². The molecule has 0 aromatic rings. The maximum absolute atomic E-state index is 10.7. The highest BCUT2D eigenvalue weighted by molar-refractivity contribution is 7.46. The van der Waals surface area contributed by atoms with Gasteiger partial charge in [-0.3, -0.25) is 9.84 Å². The summed E-state index contributed by atoms with van der Waals surface area (Å²) < 4.78 is 15.3. The number of rotatable bonds is 5. The highest BCUT2D eigenvalue weighted by atomic mass is 31.2. The van der Waals surface area contributed by atoms with Crippen LogP contribution < -0.4 is 5.32 Å². The molecule has 0 radical (unpaired) electrons. The van der Waals surface area contributed by atoms with Gasteiger partial charge in [0.2, 0.25) is 0 Å². The molecule has 0 aromatic carbocycles. The first-order valence-electron chi connectivity index (χ1n) is 5.51. The zero-order chi connectivity index (χ0) is 11.3. The van der Waals surface area contributed by atoms with Crippen LogP contribution in [0.25, 0.3) is 0 Å². The molecule has 1 rings (SSSR count). The highest BCUT2D eigenvalue weighted by Crippen LogP contribution is 2.37. The number of phosphoric ester groups is 1. The lowest BCUT2D eigenvalue weighted by Crippen LogP contribution is -2.40. The van der Waals surface area contributed by atoms with E-state index in [9.17, 15) is 4.57 Å². The zero-order valence-corrected chi connectivity index (χ0v) is 9.95. The van der Waals surface area contributed by atoms with E-state index in [4.69, 9.17) is 9.79 Å². The molecule has 6 heteroatoms. The number of nitrogens with one attached hydrogen (secondary N) is 1. The lowest BCUT2D eigenvalue weighted by molar-refractivity contribution is 0.0896. The SMILES string of the molecule is CCC(NC1CCCCC1)OP(=O)(O)O. The van der Waals surface area contributed by atoms with Gasteiger partial charge in [-0.05, 0) is 19.3 Å². The molecule has 5 nitrogen and oxygen atoms in total. The maximum Gasteiger partial charge on any atom is 0.471 e. The quantitative estimate of drug-likeness (QED) is 0.501. The van der Waals surface area contributed by atoms with Gasteiger partial charge in [-0.15, -0.1) is 0 Å². The van der Waals surface area contributed by atoms with E-state index in [1.165, 1.54) is 19.3 Å². The van der Waals surface area contributed by atoms with Crippen molar-refractivity contribution in [2.24, 2.45) is 0 Å². The molecule has 1 fully saturated rings. The van der Waals surface area contributed by atoms with E-state index in [2.05, 4.69) is 9.84 Å². The van der Waals surface area contributed by atoms with E-state index < -0.39 is 14.1 Å². The number of hydrogen-bond acceptors (Lipinski definition) is 3. The predicted octanol–water partition coefficient (Wildman–Crippen LogP) is 1.75. The molecule has 1 unspecified atom stereocenters. The van der Waals surface area contributed by atoms with Crippen LogP contribution in [0, 0.1) is 0 Å². The molecule has 0 saturated heterocycles. The average molecular weight is 237 g/mol. The maximum atomic E-state index is 10.7. The Hall–Kier alpha value is 0.0700. The second-order valence-electron chi connectivity index (χ2n) is 3.99. The van der Waals surface area contributed by atoms with Crippen molar-refractivity contribution in [3.63, 3.8) is 0 Å². The minimum absolute atomic E-state index is 0.343. The van der Waals surface area contributed by atoms with Gasteiger partial charge in [0.15, 0.2) is 0 Å². The minimum Gasteiger partial charge on any atom is -0.303 e. The standard InChI is InChI=1S/C9H20NO4P/c1-2-9(14-15(11,12)13)10-8-6-4-3-5-7-8/h8-10H,2-7H2,1H3,(H2,11,12,13). The fraction of sp³-hybridized carbons (Fsp3) is 1.00.